The third-order valence-electron chi connectivity index (χ3n) is 9.18. The molecule has 4 amide bonds. The van der Waals surface area contributed by atoms with Crippen molar-refractivity contribution in [2.45, 2.75) is 56.4 Å². The molecule has 42 heavy (non-hydrogen) atoms. The summed E-state index contributed by atoms with van der Waals surface area (Å²) < 4.78 is 15.5. The molecule has 4 aliphatic rings. The summed E-state index contributed by atoms with van der Waals surface area (Å²) in [5.74, 6) is -2.44. The van der Waals surface area contributed by atoms with Crippen molar-refractivity contribution in [2.24, 2.45) is 0 Å². The van der Waals surface area contributed by atoms with Crippen molar-refractivity contribution in [1.29, 1.82) is 0 Å². The van der Waals surface area contributed by atoms with Crippen molar-refractivity contribution in [3.8, 4) is 0 Å². The molecule has 3 atom stereocenters. The van der Waals surface area contributed by atoms with Gasteiger partial charge in [-0.3, -0.25) is 29.4 Å². The number of nitrogens with one attached hydrogen (secondary N) is 1. The lowest BCUT2D eigenvalue weighted by atomic mass is 9.95. The van der Waals surface area contributed by atoms with Crippen molar-refractivity contribution >= 4 is 23.6 Å². The summed E-state index contributed by atoms with van der Waals surface area (Å²) in [4.78, 5) is 56.7. The fourth-order valence-electron chi connectivity index (χ4n) is 7.25. The van der Waals surface area contributed by atoms with Crippen LogP contribution in [0.1, 0.15) is 69.1 Å². The number of nitrogens with zero attached hydrogens (tertiary/aromatic N) is 3. The normalized spacial score (nSPS) is 23.9. The number of imide groups is 1. The first-order chi connectivity index (χ1) is 20.4. The lowest BCUT2D eigenvalue weighted by Crippen LogP contribution is -2.56. The van der Waals surface area contributed by atoms with Crippen LogP contribution < -0.4 is 5.32 Å². The zero-order valence-corrected chi connectivity index (χ0v) is 23.0. The predicted octanol–water partition coefficient (Wildman–Crippen LogP) is 3.67. The Labute approximate surface area is 243 Å². The lowest BCUT2D eigenvalue weighted by molar-refractivity contribution is -0.136. The summed E-state index contributed by atoms with van der Waals surface area (Å²) in [5.41, 5.74) is 3.03. The van der Waals surface area contributed by atoms with E-state index in [0.717, 1.165) is 18.9 Å². The second-order valence-electron chi connectivity index (χ2n) is 11.7. The summed E-state index contributed by atoms with van der Waals surface area (Å²) in [6.07, 6.45) is 2.05. The molecule has 0 radical (unpaired) electrons. The van der Waals surface area contributed by atoms with E-state index in [9.17, 15) is 19.2 Å². The van der Waals surface area contributed by atoms with Crippen molar-refractivity contribution < 1.29 is 23.6 Å². The molecule has 214 valence electrons. The van der Waals surface area contributed by atoms with Crippen molar-refractivity contribution in [2.75, 3.05) is 13.1 Å². The Morgan fingerprint density at radius 2 is 1.48 bits per heavy atom. The number of likely N-dealkylation sites (tertiary alicyclic amines) is 1. The van der Waals surface area contributed by atoms with Crippen LogP contribution in [0.5, 0.6) is 0 Å². The number of hydrogen-bond donors (Lipinski definition) is 1. The Morgan fingerprint density at radius 3 is 2.07 bits per heavy atom. The highest BCUT2D eigenvalue weighted by atomic mass is 19.1. The molecule has 0 aromatic heterocycles. The van der Waals surface area contributed by atoms with Gasteiger partial charge in [-0.2, -0.15) is 0 Å². The van der Waals surface area contributed by atoms with Crippen LogP contribution in [0.4, 0.5) is 4.39 Å². The molecule has 7 rings (SSSR count). The maximum Gasteiger partial charge on any atom is 0.257 e. The van der Waals surface area contributed by atoms with Gasteiger partial charge in [0.15, 0.2) is 0 Å². The highest BCUT2D eigenvalue weighted by Crippen LogP contribution is 2.39. The number of benzene rings is 3. The van der Waals surface area contributed by atoms with Crippen LogP contribution in [0, 0.1) is 5.82 Å². The van der Waals surface area contributed by atoms with E-state index >= 15 is 4.39 Å². The van der Waals surface area contributed by atoms with Gasteiger partial charge in [-0.05, 0) is 48.1 Å². The molecule has 9 heteroatoms. The minimum Gasteiger partial charge on any atom is -0.330 e. The number of rotatable bonds is 5. The third kappa shape index (κ3) is 4.48. The van der Waals surface area contributed by atoms with E-state index in [1.54, 1.807) is 0 Å². The quantitative estimate of drug-likeness (QED) is 0.476. The largest absolute Gasteiger partial charge is 0.330 e. The molecule has 1 N–H and O–H groups in total. The summed E-state index contributed by atoms with van der Waals surface area (Å²) in [7, 11) is 0. The van der Waals surface area contributed by atoms with Crippen LogP contribution in [0.3, 0.4) is 0 Å². The Morgan fingerprint density at radius 1 is 0.857 bits per heavy atom. The second-order valence-corrected chi connectivity index (χ2v) is 11.7. The molecule has 0 saturated carbocycles. The number of carbonyl (C=O) groups excluding carboxylic acids is 4. The van der Waals surface area contributed by atoms with E-state index in [4.69, 9.17) is 0 Å². The molecule has 3 aromatic carbocycles. The molecular weight excluding hydrogens is 535 g/mol. The first-order valence-corrected chi connectivity index (χ1v) is 14.5. The Bertz CT molecular complexity index is 1530. The zero-order valence-electron chi connectivity index (χ0n) is 23.0. The third-order valence-corrected chi connectivity index (χ3v) is 9.18. The lowest BCUT2D eigenvalue weighted by Gasteiger charge is -2.44. The van der Waals surface area contributed by atoms with E-state index in [0.29, 0.717) is 18.7 Å². The molecule has 3 aromatic rings. The maximum absolute atomic E-state index is 15.5. The van der Waals surface area contributed by atoms with E-state index in [-0.39, 0.29) is 60.5 Å². The molecule has 2 bridgehead atoms. The average molecular weight is 567 g/mol. The molecule has 3 fully saturated rings. The zero-order chi connectivity index (χ0) is 29.0. The van der Waals surface area contributed by atoms with Gasteiger partial charge in [-0.25, -0.2) is 4.39 Å². The second kappa shape index (κ2) is 10.5. The first-order valence-electron chi connectivity index (χ1n) is 14.5. The Hall–Kier alpha value is -4.37. The van der Waals surface area contributed by atoms with Gasteiger partial charge in [0, 0.05) is 43.7 Å². The average Bonchev–Trinajstić information content (AvgIpc) is 3.45. The molecule has 0 spiro atoms. The SMILES string of the molecule is O=C1CCC(N2Cc3cc(C(=O)N4C5CCC4CN(C(c4ccccc4)c4ccccc4)C5)c(F)cc3C2=O)C(=O)N1. The molecule has 8 nitrogen and oxygen atoms in total. The van der Waals surface area contributed by atoms with E-state index in [1.807, 2.05) is 41.3 Å². The standard InChI is InChI=1S/C33H31FN4O4/c34-27-16-25-22(17-37(32(25)41)28-13-14-29(39)35-31(28)40)15-26(27)33(42)38-23-11-12-24(38)19-36(18-23)30(20-7-3-1-4-8-20)21-9-5-2-6-10-21/h1-10,15-16,23-24,28,30H,11-14,17-19H2,(H,35,39,40). The minimum atomic E-state index is -0.795. The first kappa shape index (κ1) is 26.5. The van der Waals surface area contributed by atoms with Crippen molar-refractivity contribution in [1.82, 2.24) is 20.0 Å². The van der Waals surface area contributed by atoms with Gasteiger partial charge in [0.1, 0.15) is 11.9 Å². The van der Waals surface area contributed by atoms with Crippen LogP contribution in [0.15, 0.2) is 72.8 Å². The summed E-state index contributed by atoms with van der Waals surface area (Å²) in [5, 5.41) is 2.28. The van der Waals surface area contributed by atoms with Gasteiger partial charge in [-0.15, -0.1) is 0 Å². The summed E-state index contributed by atoms with van der Waals surface area (Å²) in [6.45, 7) is 1.44. The number of piperidine rings is 1. The van der Waals surface area contributed by atoms with Gasteiger partial charge in [0.05, 0.1) is 11.6 Å². The van der Waals surface area contributed by atoms with Crippen molar-refractivity contribution in [3.63, 3.8) is 0 Å². The van der Waals surface area contributed by atoms with Gasteiger partial charge < -0.3 is 9.80 Å². The van der Waals surface area contributed by atoms with Gasteiger partial charge in [0.25, 0.3) is 11.8 Å². The van der Waals surface area contributed by atoms with Crippen LogP contribution in [-0.4, -0.2) is 69.5 Å². The van der Waals surface area contributed by atoms with E-state index in [1.165, 1.54) is 22.1 Å². The number of fused-ring (bicyclic) bond motifs is 3. The van der Waals surface area contributed by atoms with E-state index < -0.39 is 23.7 Å². The molecular formula is C33H31FN4O4. The van der Waals surface area contributed by atoms with E-state index in [2.05, 4.69) is 34.5 Å². The summed E-state index contributed by atoms with van der Waals surface area (Å²) in [6, 6.07) is 22.5. The highest BCUT2D eigenvalue weighted by Gasteiger charge is 2.46. The maximum atomic E-state index is 15.5. The number of hydrogen-bond acceptors (Lipinski definition) is 5. The summed E-state index contributed by atoms with van der Waals surface area (Å²) >= 11 is 0. The molecule has 3 unspecified atom stereocenters. The fraction of sp³-hybridized carbons (Fsp3) is 0.333. The Balaban J connectivity index is 1.13. The molecule has 3 saturated heterocycles. The predicted molar refractivity (Wildman–Crippen MR) is 152 cm³/mol. The van der Waals surface area contributed by atoms with Crippen LogP contribution in [-0.2, 0) is 16.1 Å². The van der Waals surface area contributed by atoms with Crippen LogP contribution in [0.2, 0.25) is 0 Å². The van der Waals surface area contributed by atoms with Gasteiger partial charge in [0.2, 0.25) is 11.8 Å². The molecule has 4 aliphatic heterocycles. The van der Waals surface area contributed by atoms with Crippen molar-refractivity contribution in [3.05, 3.63) is 106 Å². The fourth-order valence-corrected chi connectivity index (χ4v) is 7.25. The smallest absolute Gasteiger partial charge is 0.257 e. The van der Waals surface area contributed by atoms with Crippen LogP contribution in [0.25, 0.3) is 0 Å². The van der Waals surface area contributed by atoms with Gasteiger partial charge in [-0.1, -0.05) is 60.7 Å². The number of carbonyl (C=O) groups is 4. The molecule has 0 aliphatic carbocycles. The number of amides is 4. The molecule has 4 heterocycles. The topological polar surface area (TPSA) is 90.0 Å². The Kier molecular flexibility index (Phi) is 6.61. The highest BCUT2D eigenvalue weighted by molar-refractivity contribution is 6.06. The minimum absolute atomic E-state index is 0.0420. The monoisotopic (exact) mass is 566 g/mol. The van der Waals surface area contributed by atoms with Gasteiger partial charge >= 0.3 is 0 Å². The number of piperazine rings is 1. The van der Waals surface area contributed by atoms with Crippen LogP contribution >= 0.6 is 0 Å². The number of halogens is 1.